The highest BCUT2D eigenvalue weighted by molar-refractivity contribution is 9.10. The van der Waals surface area contributed by atoms with Gasteiger partial charge in [-0.05, 0) is 36.6 Å². The maximum Gasteiger partial charge on any atom is 0.108 e. The first-order valence-electron chi connectivity index (χ1n) is 6.05. The van der Waals surface area contributed by atoms with Crippen molar-refractivity contribution in [1.29, 1.82) is 0 Å². The monoisotopic (exact) mass is 307 g/mol. The first-order valence-corrected chi connectivity index (χ1v) is 6.85. The Hall–Kier alpha value is -1.13. The summed E-state index contributed by atoms with van der Waals surface area (Å²) in [5.41, 5.74) is 8.71. The van der Waals surface area contributed by atoms with E-state index >= 15 is 0 Å². The number of benzene rings is 1. The van der Waals surface area contributed by atoms with Crippen molar-refractivity contribution in [3.05, 3.63) is 52.0 Å². The molecule has 0 spiro atoms. The van der Waals surface area contributed by atoms with Gasteiger partial charge in [0.05, 0.1) is 0 Å². The molecule has 0 radical (unpaired) electrons. The number of nitrogens with zero attached hydrogens (tertiary/aromatic N) is 2. The lowest BCUT2D eigenvalue weighted by Gasteiger charge is -2.15. The van der Waals surface area contributed by atoms with Crippen LogP contribution in [0.25, 0.3) is 0 Å². The van der Waals surface area contributed by atoms with Gasteiger partial charge in [-0.2, -0.15) is 0 Å². The number of aromatic nitrogens is 2. The number of hydrogen-bond donors (Lipinski definition) is 1. The van der Waals surface area contributed by atoms with Gasteiger partial charge in [-0.25, -0.2) is 4.98 Å². The minimum atomic E-state index is 0.0646. The van der Waals surface area contributed by atoms with Crippen molar-refractivity contribution >= 4 is 15.9 Å². The Morgan fingerprint density at radius 1 is 1.44 bits per heavy atom. The molecule has 0 bridgehead atoms. The summed E-state index contributed by atoms with van der Waals surface area (Å²) in [4.78, 5) is 4.32. The number of hydrogen-bond acceptors (Lipinski definition) is 2. The second-order valence-electron chi connectivity index (χ2n) is 4.60. The van der Waals surface area contributed by atoms with Crippen LogP contribution in [-0.4, -0.2) is 9.55 Å². The molecule has 0 amide bonds. The Kier molecular flexibility index (Phi) is 4.19. The molecular formula is C14H18BrN3. The molecular weight excluding hydrogens is 290 g/mol. The van der Waals surface area contributed by atoms with E-state index in [1.807, 2.05) is 30.1 Å². The average molecular weight is 308 g/mol. The summed E-state index contributed by atoms with van der Waals surface area (Å²) in [5.74, 6) is 1.08. The summed E-state index contributed by atoms with van der Waals surface area (Å²) in [6.45, 7) is 2.10. The van der Waals surface area contributed by atoms with Gasteiger partial charge in [0, 0.05) is 36.4 Å². The summed E-state index contributed by atoms with van der Waals surface area (Å²) in [7, 11) is 2.01. The summed E-state index contributed by atoms with van der Waals surface area (Å²) >= 11 is 3.47. The first-order chi connectivity index (χ1) is 8.58. The minimum Gasteiger partial charge on any atom is -0.338 e. The Bertz CT molecular complexity index is 534. The van der Waals surface area contributed by atoms with Crippen molar-refractivity contribution in [2.75, 3.05) is 0 Å². The smallest absolute Gasteiger partial charge is 0.108 e. The molecule has 1 aromatic heterocycles. The van der Waals surface area contributed by atoms with E-state index in [2.05, 4.69) is 40.0 Å². The van der Waals surface area contributed by atoms with Gasteiger partial charge in [0.25, 0.3) is 0 Å². The van der Waals surface area contributed by atoms with Crippen LogP contribution in [0.2, 0.25) is 0 Å². The fourth-order valence-corrected chi connectivity index (χ4v) is 2.61. The molecule has 0 aliphatic rings. The zero-order valence-electron chi connectivity index (χ0n) is 10.7. The second kappa shape index (κ2) is 5.67. The Morgan fingerprint density at radius 2 is 2.22 bits per heavy atom. The predicted octanol–water partition coefficient (Wildman–Crippen LogP) is 3.12. The van der Waals surface area contributed by atoms with Crippen molar-refractivity contribution in [3.8, 4) is 0 Å². The number of imidazole rings is 1. The Morgan fingerprint density at radius 3 is 2.83 bits per heavy atom. The summed E-state index contributed by atoms with van der Waals surface area (Å²) < 4.78 is 3.14. The third-order valence-electron chi connectivity index (χ3n) is 3.23. The van der Waals surface area contributed by atoms with E-state index in [4.69, 9.17) is 5.73 Å². The van der Waals surface area contributed by atoms with Crippen LogP contribution in [0, 0.1) is 6.92 Å². The third kappa shape index (κ3) is 3.00. The van der Waals surface area contributed by atoms with E-state index in [1.54, 1.807) is 0 Å². The molecule has 1 unspecified atom stereocenters. The van der Waals surface area contributed by atoms with Gasteiger partial charge in [0.15, 0.2) is 0 Å². The average Bonchev–Trinajstić information content (AvgIpc) is 2.72. The molecule has 3 nitrogen and oxygen atoms in total. The molecule has 0 saturated carbocycles. The summed E-state index contributed by atoms with van der Waals surface area (Å²) in [5, 5.41) is 0. The lowest BCUT2D eigenvalue weighted by atomic mass is 9.98. The fourth-order valence-electron chi connectivity index (χ4n) is 2.13. The predicted molar refractivity (Wildman–Crippen MR) is 77.3 cm³/mol. The standard InChI is InChI=1S/C14H18BrN3/c1-10-9-11(15)3-4-12(10)13(16)5-6-14-17-7-8-18(14)2/h3-4,7-9,13H,5-6,16H2,1-2H3. The quantitative estimate of drug-likeness (QED) is 0.943. The van der Waals surface area contributed by atoms with E-state index < -0.39 is 0 Å². The van der Waals surface area contributed by atoms with Gasteiger partial charge in [-0.3, -0.25) is 0 Å². The van der Waals surface area contributed by atoms with Crippen LogP contribution in [0.4, 0.5) is 0 Å². The third-order valence-corrected chi connectivity index (χ3v) is 3.72. The molecule has 1 heterocycles. The molecule has 0 aliphatic carbocycles. The summed E-state index contributed by atoms with van der Waals surface area (Å²) in [6, 6.07) is 6.32. The van der Waals surface area contributed by atoms with E-state index in [0.717, 1.165) is 23.1 Å². The Labute approximate surface area is 116 Å². The molecule has 1 atom stereocenters. The zero-order chi connectivity index (χ0) is 13.1. The second-order valence-corrected chi connectivity index (χ2v) is 5.52. The van der Waals surface area contributed by atoms with Crippen molar-refractivity contribution in [1.82, 2.24) is 9.55 Å². The highest BCUT2D eigenvalue weighted by Crippen LogP contribution is 2.23. The molecule has 0 fully saturated rings. The van der Waals surface area contributed by atoms with Crippen molar-refractivity contribution in [3.63, 3.8) is 0 Å². The lowest BCUT2D eigenvalue weighted by molar-refractivity contribution is 0.618. The fraction of sp³-hybridized carbons (Fsp3) is 0.357. The zero-order valence-corrected chi connectivity index (χ0v) is 12.3. The molecule has 0 saturated heterocycles. The first kappa shape index (κ1) is 13.3. The number of aryl methyl sites for hydroxylation is 3. The van der Waals surface area contributed by atoms with E-state index in [9.17, 15) is 0 Å². The van der Waals surface area contributed by atoms with Crippen LogP contribution in [-0.2, 0) is 13.5 Å². The Balaban J connectivity index is 2.03. The maximum absolute atomic E-state index is 6.26. The van der Waals surface area contributed by atoms with Crippen LogP contribution < -0.4 is 5.73 Å². The van der Waals surface area contributed by atoms with Crippen LogP contribution in [0.3, 0.4) is 0 Å². The van der Waals surface area contributed by atoms with Crippen LogP contribution in [0.15, 0.2) is 35.1 Å². The molecule has 0 aliphatic heterocycles. The van der Waals surface area contributed by atoms with Crippen molar-refractivity contribution in [2.45, 2.75) is 25.8 Å². The van der Waals surface area contributed by atoms with E-state index in [0.29, 0.717) is 0 Å². The molecule has 2 rings (SSSR count). The van der Waals surface area contributed by atoms with Gasteiger partial charge in [0.1, 0.15) is 5.82 Å². The van der Waals surface area contributed by atoms with Crippen molar-refractivity contribution in [2.24, 2.45) is 12.8 Å². The van der Waals surface area contributed by atoms with Gasteiger partial charge < -0.3 is 10.3 Å². The topological polar surface area (TPSA) is 43.8 Å². The number of nitrogens with two attached hydrogens (primary N) is 1. The highest BCUT2D eigenvalue weighted by Gasteiger charge is 2.10. The molecule has 2 aromatic rings. The van der Waals surface area contributed by atoms with Gasteiger partial charge >= 0.3 is 0 Å². The lowest BCUT2D eigenvalue weighted by Crippen LogP contribution is -2.13. The van der Waals surface area contributed by atoms with Gasteiger partial charge in [-0.1, -0.05) is 22.0 Å². The molecule has 1 aromatic carbocycles. The molecule has 2 N–H and O–H groups in total. The number of rotatable bonds is 4. The molecule has 4 heteroatoms. The van der Waals surface area contributed by atoms with Gasteiger partial charge in [-0.15, -0.1) is 0 Å². The normalized spacial score (nSPS) is 12.7. The van der Waals surface area contributed by atoms with Crippen LogP contribution >= 0.6 is 15.9 Å². The largest absolute Gasteiger partial charge is 0.338 e. The highest BCUT2D eigenvalue weighted by atomic mass is 79.9. The molecule has 18 heavy (non-hydrogen) atoms. The molecule has 96 valence electrons. The van der Waals surface area contributed by atoms with Crippen LogP contribution in [0.5, 0.6) is 0 Å². The van der Waals surface area contributed by atoms with Gasteiger partial charge in [0.2, 0.25) is 0 Å². The minimum absolute atomic E-state index is 0.0646. The van der Waals surface area contributed by atoms with E-state index in [1.165, 1.54) is 11.1 Å². The SMILES string of the molecule is Cc1cc(Br)ccc1C(N)CCc1nccn1C. The summed E-state index contributed by atoms with van der Waals surface area (Å²) in [6.07, 6.45) is 5.60. The van der Waals surface area contributed by atoms with Crippen molar-refractivity contribution < 1.29 is 0 Å². The maximum atomic E-state index is 6.26. The number of halogens is 1. The van der Waals surface area contributed by atoms with E-state index in [-0.39, 0.29) is 6.04 Å². The van der Waals surface area contributed by atoms with Crippen LogP contribution in [0.1, 0.15) is 29.4 Å².